The SMILES string of the molecule is CC1(C)CC2(CCC(=O)NC2)C1. The second-order valence-corrected chi connectivity index (χ2v) is 5.29. The van der Waals surface area contributed by atoms with Gasteiger partial charge in [0, 0.05) is 13.0 Å². The van der Waals surface area contributed by atoms with Crippen LogP contribution in [0.15, 0.2) is 0 Å². The first-order chi connectivity index (χ1) is 5.52. The van der Waals surface area contributed by atoms with Gasteiger partial charge >= 0.3 is 0 Å². The Morgan fingerprint density at radius 3 is 2.42 bits per heavy atom. The van der Waals surface area contributed by atoms with Crippen molar-refractivity contribution in [1.29, 1.82) is 0 Å². The van der Waals surface area contributed by atoms with Crippen LogP contribution in [0.25, 0.3) is 0 Å². The predicted octanol–water partition coefficient (Wildman–Crippen LogP) is 1.70. The van der Waals surface area contributed by atoms with E-state index in [0.717, 1.165) is 19.4 Å². The summed E-state index contributed by atoms with van der Waals surface area (Å²) in [4.78, 5) is 10.9. The van der Waals surface area contributed by atoms with Gasteiger partial charge in [0.25, 0.3) is 0 Å². The van der Waals surface area contributed by atoms with Crippen LogP contribution in [-0.4, -0.2) is 12.5 Å². The summed E-state index contributed by atoms with van der Waals surface area (Å²) in [5.74, 6) is 0.241. The number of hydrogen-bond acceptors (Lipinski definition) is 1. The summed E-state index contributed by atoms with van der Waals surface area (Å²) in [5, 5.41) is 2.97. The Morgan fingerprint density at radius 1 is 1.33 bits per heavy atom. The highest BCUT2D eigenvalue weighted by Crippen LogP contribution is 2.56. The van der Waals surface area contributed by atoms with Gasteiger partial charge in [-0.05, 0) is 30.1 Å². The van der Waals surface area contributed by atoms with Crippen LogP contribution >= 0.6 is 0 Å². The number of amides is 1. The predicted molar refractivity (Wildman–Crippen MR) is 47.7 cm³/mol. The van der Waals surface area contributed by atoms with Crippen molar-refractivity contribution in [3.05, 3.63) is 0 Å². The second kappa shape index (κ2) is 2.24. The van der Waals surface area contributed by atoms with Crippen molar-refractivity contribution in [2.75, 3.05) is 6.54 Å². The summed E-state index contributed by atoms with van der Waals surface area (Å²) in [7, 11) is 0. The summed E-state index contributed by atoms with van der Waals surface area (Å²) in [6.45, 7) is 5.55. The molecule has 1 aliphatic carbocycles. The Morgan fingerprint density at radius 2 is 2.00 bits per heavy atom. The zero-order valence-corrected chi connectivity index (χ0v) is 7.94. The molecule has 1 heterocycles. The highest BCUT2D eigenvalue weighted by molar-refractivity contribution is 5.76. The van der Waals surface area contributed by atoms with Crippen molar-refractivity contribution in [2.45, 2.75) is 39.5 Å². The molecule has 0 bridgehead atoms. The minimum absolute atomic E-state index is 0.241. The lowest BCUT2D eigenvalue weighted by Crippen LogP contribution is -2.53. The summed E-state index contributed by atoms with van der Waals surface area (Å²) in [5.41, 5.74) is 1.01. The van der Waals surface area contributed by atoms with Crippen LogP contribution in [0.4, 0.5) is 0 Å². The van der Waals surface area contributed by atoms with Gasteiger partial charge in [0.1, 0.15) is 0 Å². The van der Waals surface area contributed by atoms with Crippen LogP contribution in [-0.2, 0) is 4.79 Å². The average molecular weight is 167 g/mol. The molecule has 2 nitrogen and oxygen atoms in total. The van der Waals surface area contributed by atoms with Crippen LogP contribution in [0.1, 0.15) is 39.5 Å². The largest absolute Gasteiger partial charge is 0.356 e. The maximum Gasteiger partial charge on any atom is 0.220 e. The van der Waals surface area contributed by atoms with Gasteiger partial charge in [-0.1, -0.05) is 13.8 Å². The van der Waals surface area contributed by atoms with Crippen molar-refractivity contribution in [2.24, 2.45) is 10.8 Å². The van der Waals surface area contributed by atoms with Crippen molar-refractivity contribution >= 4 is 5.91 Å². The van der Waals surface area contributed by atoms with E-state index in [-0.39, 0.29) is 5.91 Å². The van der Waals surface area contributed by atoms with Gasteiger partial charge in [-0.15, -0.1) is 0 Å². The standard InChI is InChI=1S/C10H17NO/c1-9(2)5-10(6-9)4-3-8(12)11-7-10/h3-7H2,1-2H3,(H,11,12). The minimum atomic E-state index is 0.241. The molecule has 1 spiro atoms. The van der Waals surface area contributed by atoms with E-state index in [1.54, 1.807) is 0 Å². The fourth-order valence-electron chi connectivity index (χ4n) is 3.12. The summed E-state index contributed by atoms with van der Waals surface area (Å²) >= 11 is 0. The summed E-state index contributed by atoms with van der Waals surface area (Å²) < 4.78 is 0. The Hall–Kier alpha value is -0.530. The molecule has 0 aromatic rings. The molecular formula is C10H17NO. The van der Waals surface area contributed by atoms with E-state index in [4.69, 9.17) is 0 Å². The van der Waals surface area contributed by atoms with E-state index in [2.05, 4.69) is 19.2 Å². The summed E-state index contributed by atoms with van der Waals surface area (Å²) in [6, 6.07) is 0. The number of piperidine rings is 1. The van der Waals surface area contributed by atoms with Gasteiger partial charge in [0.05, 0.1) is 0 Å². The molecule has 2 rings (SSSR count). The lowest BCUT2D eigenvalue weighted by molar-refractivity contribution is -0.129. The molecule has 0 unspecified atom stereocenters. The number of rotatable bonds is 0. The molecule has 0 aromatic heterocycles. The Bertz CT molecular complexity index is 200. The molecule has 1 saturated heterocycles. The third-order valence-corrected chi connectivity index (χ3v) is 3.25. The first kappa shape index (κ1) is 8.09. The first-order valence-electron chi connectivity index (χ1n) is 4.78. The van der Waals surface area contributed by atoms with Crippen molar-refractivity contribution in [3.63, 3.8) is 0 Å². The molecule has 2 aliphatic rings. The maximum absolute atomic E-state index is 10.9. The number of nitrogens with one attached hydrogen (secondary N) is 1. The average Bonchev–Trinajstić information content (AvgIpc) is 1.91. The molecule has 0 aromatic carbocycles. The van der Waals surface area contributed by atoms with Gasteiger partial charge in [-0.25, -0.2) is 0 Å². The van der Waals surface area contributed by atoms with E-state index in [1.807, 2.05) is 0 Å². The minimum Gasteiger partial charge on any atom is -0.356 e. The molecule has 1 aliphatic heterocycles. The van der Waals surface area contributed by atoms with Crippen molar-refractivity contribution in [1.82, 2.24) is 5.32 Å². The van der Waals surface area contributed by atoms with E-state index in [1.165, 1.54) is 12.8 Å². The fourth-order valence-corrected chi connectivity index (χ4v) is 3.12. The molecule has 1 saturated carbocycles. The van der Waals surface area contributed by atoms with E-state index in [0.29, 0.717) is 10.8 Å². The summed E-state index contributed by atoms with van der Waals surface area (Å²) in [6.07, 6.45) is 4.44. The lowest BCUT2D eigenvalue weighted by Gasteiger charge is -2.55. The van der Waals surface area contributed by atoms with Crippen LogP contribution < -0.4 is 5.32 Å². The third-order valence-electron chi connectivity index (χ3n) is 3.25. The van der Waals surface area contributed by atoms with Crippen molar-refractivity contribution in [3.8, 4) is 0 Å². The Balaban J connectivity index is 1.95. The van der Waals surface area contributed by atoms with Crippen LogP contribution in [0, 0.1) is 10.8 Å². The fraction of sp³-hybridized carbons (Fsp3) is 0.900. The van der Waals surface area contributed by atoms with Gasteiger partial charge in [0.2, 0.25) is 5.91 Å². The van der Waals surface area contributed by atoms with Crippen LogP contribution in [0.2, 0.25) is 0 Å². The normalized spacial score (nSPS) is 31.0. The molecular weight excluding hydrogens is 150 g/mol. The van der Waals surface area contributed by atoms with Gasteiger partial charge in [-0.2, -0.15) is 0 Å². The van der Waals surface area contributed by atoms with Gasteiger partial charge in [0.15, 0.2) is 0 Å². The zero-order valence-electron chi connectivity index (χ0n) is 7.94. The maximum atomic E-state index is 10.9. The number of carbonyl (C=O) groups excluding carboxylic acids is 1. The highest BCUT2D eigenvalue weighted by Gasteiger charge is 2.50. The molecule has 2 fully saturated rings. The zero-order chi connectivity index (χ0) is 8.82. The molecule has 0 atom stereocenters. The monoisotopic (exact) mass is 167 g/mol. The molecule has 1 N–H and O–H groups in total. The van der Waals surface area contributed by atoms with Gasteiger partial charge in [-0.3, -0.25) is 4.79 Å². The van der Waals surface area contributed by atoms with E-state index < -0.39 is 0 Å². The van der Waals surface area contributed by atoms with E-state index >= 15 is 0 Å². The smallest absolute Gasteiger partial charge is 0.220 e. The molecule has 1 amide bonds. The van der Waals surface area contributed by atoms with Crippen LogP contribution in [0.5, 0.6) is 0 Å². The molecule has 0 radical (unpaired) electrons. The lowest BCUT2D eigenvalue weighted by atomic mass is 9.52. The Kier molecular flexibility index (Phi) is 1.51. The third kappa shape index (κ3) is 1.23. The number of hydrogen-bond donors (Lipinski definition) is 1. The first-order valence-corrected chi connectivity index (χ1v) is 4.78. The second-order valence-electron chi connectivity index (χ2n) is 5.29. The van der Waals surface area contributed by atoms with Crippen molar-refractivity contribution < 1.29 is 4.79 Å². The highest BCUT2D eigenvalue weighted by atomic mass is 16.1. The quantitative estimate of drug-likeness (QED) is 0.584. The van der Waals surface area contributed by atoms with E-state index in [9.17, 15) is 4.79 Å². The number of carbonyl (C=O) groups is 1. The topological polar surface area (TPSA) is 29.1 Å². The molecule has 2 heteroatoms. The molecule has 68 valence electrons. The molecule has 12 heavy (non-hydrogen) atoms. The van der Waals surface area contributed by atoms with Gasteiger partial charge < -0.3 is 5.32 Å². The Labute approximate surface area is 73.7 Å². The van der Waals surface area contributed by atoms with Crippen LogP contribution in [0.3, 0.4) is 0 Å².